The number of nitrogens with one attached hydrogen (secondary N) is 1. The molecule has 0 bridgehead atoms. The van der Waals surface area contributed by atoms with Gasteiger partial charge in [0.25, 0.3) is 0 Å². The third-order valence-electron chi connectivity index (χ3n) is 4.48. The zero-order valence-electron chi connectivity index (χ0n) is 15.4. The summed E-state index contributed by atoms with van der Waals surface area (Å²) in [5.74, 6) is 3.16. The molecule has 128 valence electrons. The first-order chi connectivity index (χ1) is 11.4. The van der Waals surface area contributed by atoms with Gasteiger partial charge < -0.3 is 10.2 Å². The molecule has 0 aliphatic carbocycles. The molecule has 4 heteroatoms. The predicted molar refractivity (Wildman–Crippen MR) is 101 cm³/mol. The fraction of sp³-hybridized carbons (Fsp3) is 0.500. The molecule has 24 heavy (non-hydrogen) atoms. The smallest absolute Gasteiger partial charge is 0.135 e. The van der Waals surface area contributed by atoms with E-state index in [1.165, 1.54) is 11.1 Å². The zero-order chi connectivity index (χ0) is 17.3. The minimum atomic E-state index is 0.310. The zero-order valence-corrected chi connectivity index (χ0v) is 15.4. The van der Waals surface area contributed by atoms with Crippen molar-refractivity contribution >= 4 is 11.6 Å². The molecule has 0 unspecified atom stereocenters. The van der Waals surface area contributed by atoms with Crippen molar-refractivity contribution in [3.8, 4) is 0 Å². The Bertz CT molecular complexity index is 709. The van der Waals surface area contributed by atoms with Crippen molar-refractivity contribution in [3.63, 3.8) is 0 Å². The van der Waals surface area contributed by atoms with Crippen molar-refractivity contribution in [2.24, 2.45) is 0 Å². The largest absolute Gasteiger partial charge is 0.368 e. The van der Waals surface area contributed by atoms with Gasteiger partial charge in [-0.15, -0.1) is 0 Å². The van der Waals surface area contributed by atoms with Gasteiger partial charge in [-0.1, -0.05) is 38.1 Å². The van der Waals surface area contributed by atoms with Crippen molar-refractivity contribution < 1.29 is 0 Å². The van der Waals surface area contributed by atoms with Gasteiger partial charge >= 0.3 is 0 Å². The van der Waals surface area contributed by atoms with Crippen LogP contribution in [0.4, 0.5) is 11.6 Å². The molecule has 0 spiro atoms. The highest BCUT2D eigenvalue weighted by atomic mass is 15.2. The molecule has 0 amide bonds. The number of aromatic nitrogens is 2. The Morgan fingerprint density at radius 2 is 1.79 bits per heavy atom. The number of hydrogen-bond donors (Lipinski definition) is 1. The second-order valence-electron chi connectivity index (χ2n) is 7.37. The SMILES string of the molecule is CC(C)Nc1cc(N2Cc3ccccc3C[C@H]2C)nc(C(C)C)n1. The molecule has 1 aromatic carbocycles. The number of anilines is 2. The lowest BCUT2D eigenvalue weighted by Crippen LogP contribution is -2.39. The molecule has 0 saturated carbocycles. The average molecular weight is 324 g/mol. The summed E-state index contributed by atoms with van der Waals surface area (Å²) in [4.78, 5) is 12.0. The Labute approximate surface area is 145 Å². The lowest BCUT2D eigenvalue weighted by Gasteiger charge is -2.36. The first kappa shape index (κ1) is 16.7. The van der Waals surface area contributed by atoms with Crippen LogP contribution in [-0.4, -0.2) is 22.1 Å². The standard InChI is InChI=1S/C20H28N4/c1-13(2)20-22-18(21-14(3)4)11-19(23-20)24-12-17-9-7-6-8-16(17)10-15(24)5/h6-9,11,13-15H,10,12H2,1-5H3,(H,21,22,23)/t15-/m1/s1. The van der Waals surface area contributed by atoms with Crippen LogP contribution in [0.3, 0.4) is 0 Å². The third-order valence-corrected chi connectivity index (χ3v) is 4.48. The van der Waals surface area contributed by atoms with E-state index in [4.69, 9.17) is 4.98 Å². The van der Waals surface area contributed by atoms with Gasteiger partial charge in [-0.05, 0) is 38.3 Å². The minimum Gasteiger partial charge on any atom is -0.368 e. The third kappa shape index (κ3) is 3.53. The van der Waals surface area contributed by atoms with Crippen molar-refractivity contribution in [1.82, 2.24) is 9.97 Å². The average Bonchev–Trinajstić information content (AvgIpc) is 2.53. The van der Waals surface area contributed by atoms with Gasteiger partial charge in [-0.3, -0.25) is 0 Å². The lowest BCUT2D eigenvalue weighted by molar-refractivity contribution is 0.583. The number of nitrogens with zero attached hydrogens (tertiary/aromatic N) is 3. The van der Waals surface area contributed by atoms with Crippen LogP contribution < -0.4 is 10.2 Å². The fourth-order valence-corrected chi connectivity index (χ4v) is 3.21. The normalized spacial score (nSPS) is 17.3. The van der Waals surface area contributed by atoms with E-state index in [1.807, 2.05) is 0 Å². The number of benzene rings is 1. The molecule has 1 aromatic heterocycles. The second-order valence-corrected chi connectivity index (χ2v) is 7.37. The molecule has 0 radical (unpaired) electrons. The van der Waals surface area contributed by atoms with Gasteiger partial charge in [-0.25, -0.2) is 9.97 Å². The summed E-state index contributed by atoms with van der Waals surface area (Å²) in [7, 11) is 0. The summed E-state index contributed by atoms with van der Waals surface area (Å²) in [5, 5.41) is 3.44. The number of hydrogen-bond acceptors (Lipinski definition) is 4. The summed E-state index contributed by atoms with van der Waals surface area (Å²) < 4.78 is 0. The second kappa shape index (κ2) is 6.80. The van der Waals surface area contributed by atoms with Gasteiger partial charge in [0.15, 0.2) is 0 Å². The molecule has 0 fully saturated rings. The van der Waals surface area contributed by atoms with Crippen LogP contribution in [0.1, 0.15) is 57.5 Å². The van der Waals surface area contributed by atoms with Gasteiger partial charge in [0.2, 0.25) is 0 Å². The topological polar surface area (TPSA) is 41.0 Å². The van der Waals surface area contributed by atoms with Crippen molar-refractivity contribution in [1.29, 1.82) is 0 Å². The Balaban J connectivity index is 1.97. The highest BCUT2D eigenvalue weighted by molar-refractivity contribution is 5.53. The van der Waals surface area contributed by atoms with Crippen molar-refractivity contribution in [2.75, 3.05) is 10.2 Å². The van der Waals surface area contributed by atoms with Gasteiger partial charge in [0, 0.05) is 30.6 Å². The van der Waals surface area contributed by atoms with E-state index >= 15 is 0 Å². The number of rotatable bonds is 4. The Morgan fingerprint density at radius 1 is 1.08 bits per heavy atom. The molecule has 1 aliphatic rings. The molecule has 4 nitrogen and oxygen atoms in total. The van der Waals surface area contributed by atoms with E-state index in [2.05, 4.69) is 80.2 Å². The summed E-state index contributed by atoms with van der Waals surface area (Å²) in [5.41, 5.74) is 2.86. The fourth-order valence-electron chi connectivity index (χ4n) is 3.21. The molecule has 0 saturated heterocycles. The van der Waals surface area contributed by atoms with Crippen molar-refractivity contribution in [2.45, 2.75) is 65.6 Å². The maximum Gasteiger partial charge on any atom is 0.135 e. The van der Waals surface area contributed by atoms with E-state index in [0.29, 0.717) is 18.0 Å². The quantitative estimate of drug-likeness (QED) is 0.906. The molecule has 1 atom stereocenters. The van der Waals surface area contributed by atoms with E-state index < -0.39 is 0 Å². The summed E-state index contributed by atoms with van der Waals surface area (Å²) in [6, 6.07) is 11.6. The highest BCUT2D eigenvalue weighted by Gasteiger charge is 2.25. The van der Waals surface area contributed by atoms with Crippen LogP contribution in [-0.2, 0) is 13.0 Å². The van der Waals surface area contributed by atoms with Crippen LogP contribution in [0.5, 0.6) is 0 Å². The number of fused-ring (bicyclic) bond motifs is 1. The van der Waals surface area contributed by atoms with Crippen LogP contribution in [0.2, 0.25) is 0 Å². The molecule has 2 aromatic rings. The van der Waals surface area contributed by atoms with Crippen LogP contribution >= 0.6 is 0 Å². The molecule has 1 aliphatic heterocycles. The lowest BCUT2D eigenvalue weighted by atomic mass is 9.95. The first-order valence-corrected chi connectivity index (χ1v) is 8.93. The summed E-state index contributed by atoms with van der Waals surface area (Å²) >= 11 is 0. The Morgan fingerprint density at radius 3 is 2.46 bits per heavy atom. The van der Waals surface area contributed by atoms with E-state index in [9.17, 15) is 0 Å². The summed E-state index contributed by atoms with van der Waals surface area (Å²) in [6.45, 7) is 11.8. The molecular formula is C20H28N4. The Hall–Kier alpha value is -2.10. The highest BCUT2D eigenvalue weighted by Crippen LogP contribution is 2.29. The van der Waals surface area contributed by atoms with Crippen LogP contribution in [0, 0.1) is 0 Å². The van der Waals surface area contributed by atoms with Crippen LogP contribution in [0.25, 0.3) is 0 Å². The van der Waals surface area contributed by atoms with Gasteiger partial charge in [-0.2, -0.15) is 0 Å². The maximum atomic E-state index is 4.86. The maximum absolute atomic E-state index is 4.86. The molecule has 3 rings (SSSR count). The minimum absolute atomic E-state index is 0.310. The van der Waals surface area contributed by atoms with Gasteiger partial charge in [0.05, 0.1) is 0 Å². The molecular weight excluding hydrogens is 296 g/mol. The van der Waals surface area contributed by atoms with E-state index in [0.717, 1.165) is 30.4 Å². The summed E-state index contributed by atoms with van der Waals surface area (Å²) in [6.07, 6.45) is 1.06. The molecule has 2 heterocycles. The van der Waals surface area contributed by atoms with E-state index in [1.54, 1.807) is 0 Å². The predicted octanol–water partition coefficient (Wildman–Crippen LogP) is 4.37. The monoisotopic (exact) mass is 324 g/mol. The first-order valence-electron chi connectivity index (χ1n) is 8.93. The Kier molecular flexibility index (Phi) is 4.74. The molecule has 1 N–H and O–H groups in total. The van der Waals surface area contributed by atoms with Gasteiger partial charge in [0.1, 0.15) is 17.5 Å². The van der Waals surface area contributed by atoms with Crippen LogP contribution in [0.15, 0.2) is 30.3 Å². The van der Waals surface area contributed by atoms with Crippen molar-refractivity contribution in [3.05, 3.63) is 47.3 Å². The van der Waals surface area contributed by atoms with E-state index in [-0.39, 0.29) is 0 Å².